The third-order valence-corrected chi connectivity index (χ3v) is 5.92. The number of aromatic nitrogens is 4. The van der Waals surface area contributed by atoms with Crippen LogP contribution in [0.5, 0.6) is 5.75 Å². The van der Waals surface area contributed by atoms with Crippen LogP contribution in [-0.4, -0.2) is 76.3 Å². The molecule has 0 unspecified atom stereocenters. The normalized spacial score (nSPS) is 14.3. The largest absolute Gasteiger partial charge is 0.481 e. The number of hydrogen-bond donors (Lipinski definition) is 3. The van der Waals surface area contributed by atoms with Crippen LogP contribution in [0.2, 0.25) is 0 Å². The number of carbonyl (C=O) groups excluding carboxylic acids is 1. The molecule has 0 aliphatic carbocycles. The van der Waals surface area contributed by atoms with Crippen LogP contribution in [0.25, 0.3) is 17.1 Å². The molecule has 4 heterocycles. The van der Waals surface area contributed by atoms with Crippen molar-refractivity contribution < 1.29 is 22.7 Å². The molecule has 0 bridgehead atoms. The number of ether oxygens (including phenoxy) is 1. The summed E-state index contributed by atoms with van der Waals surface area (Å²) in [7, 11) is 0. The van der Waals surface area contributed by atoms with E-state index < -0.39 is 24.1 Å². The summed E-state index contributed by atoms with van der Waals surface area (Å²) in [5.41, 5.74) is 12.4. The molecule has 5 rings (SSSR count). The van der Waals surface area contributed by atoms with Crippen molar-refractivity contribution in [3.8, 4) is 17.2 Å². The van der Waals surface area contributed by atoms with E-state index in [1.165, 1.54) is 10.6 Å². The number of benzene rings is 1. The van der Waals surface area contributed by atoms with Crippen molar-refractivity contribution in [1.29, 1.82) is 0 Å². The number of anilines is 3. The number of rotatable bonds is 9. The van der Waals surface area contributed by atoms with E-state index in [2.05, 4.69) is 25.3 Å². The lowest BCUT2D eigenvalue weighted by molar-refractivity contribution is -0.120. The quantitative estimate of drug-likeness (QED) is 0.299. The molecule has 37 heavy (non-hydrogen) atoms. The minimum absolute atomic E-state index is 0.194. The molecule has 1 aromatic carbocycles. The van der Waals surface area contributed by atoms with Crippen LogP contribution in [0.4, 0.5) is 26.4 Å². The third-order valence-electron chi connectivity index (χ3n) is 5.92. The monoisotopic (exact) mass is 513 g/mol. The predicted molar refractivity (Wildman–Crippen MR) is 131 cm³/mol. The fourth-order valence-electron chi connectivity index (χ4n) is 4.09. The SMILES string of the molecule is NC(=O)COc1cc(N2CCN(CCNc3nc(N)n4nc(-c5ccco5)cc4n3)CC2)c(F)cc1F. The Hall–Kier alpha value is -4.46. The number of nitrogens with one attached hydrogen (secondary N) is 1. The summed E-state index contributed by atoms with van der Waals surface area (Å²) in [4.78, 5) is 23.7. The number of hydrogen-bond acceptors (Lipinski definition) is 10. The smallest absolute Gasteiger partial charge is 0.255 e. The first-order chi connectivity index (χ1) is 17.9. The number of halogens is 2. The lowest BCUT2D eigenvalue weighted by atomic mass is 10.2. The highest BCUT2D eigenvalue weighted by Crippen LogP contribution is 2.29. The summed E-state index contributed by atoms with van der Waals surface area (Å²) in [6.45, 7) is 3.14. The number of fused-ring (bicyclic) bond motifs is 1. The van der Waals surface area contributed by atoms with Gasteiger partial charge in [-0.25, -0.2) is 8.78 Å². The standard InChI is InChI=1S/C23H25F2N9O3/c24-14-10-15(25)19(37-13-20(26)35)12-17(14)33-7-5-32(6-8-33)4-3-28-23-29-21-11-16(18-2-1-9-36-18)31-34(21)22(27)30-23/h1-2,9-12H,3-8,13H2,(H2,26,35)(H3,27,28,29,30). The maximum absolute atomic E-state index is 14.4. The van der Waals surface area contributed by atoms with Crippen molar-refractivity contribution in [1.82, 2.24) is 24.5 Å². The number of nitrogens with two attached hydrogens (primary N) is 2. The van der Waals surface area contributed by atoms with Crippen LogP contribution in [0.15, 0.2) is 41.0 Å². The molecule has 3 aromatic heterocycles. The van der Waals surface area contributed by atoms with Crippen molar-refractivity contribution in [3.63, 3.8) is 0 Å². The van der Waals surface area contributed by atoms with Gasteiger partial charge in [0.15, 0.2) is 29.6 Å². The summed E-state index contributed by atoms with van der Waals surface area (Å²) < 4.78 is 40.3. The highest BCUT2D eigenvalue weighted by molar-refractivity contribution is 5.75. The number of amides is 1. The highest BCUT2D eigenvalue weighted by atomic mass is 19.1. The first kappa shape index (κ1) is 24.2. The average molecular weight is 514 g/mol. The third kappa shape index (κ3) is 5.38. The Morgan fingerprint density at radius 3 is 2.68 bits per heavy atom. The summed E-state index contributed by atoms with van der Waals surface area (Å²) in [5.74, 6) is -1.36. The van der Waals surface area contributed by atoms with Gasteiger partial charge in [-0.1, -0.05) is 0 Å². The second kappa shape index (κ2) is 10.3. The van der Waals surface area contributed by atoms with Gasteiger partial charge in [-0.15, -0.1) is 0 Å². The number of nitrogen functional groups attached to an aromatic ring is 1. The molecular formula is C23H25F2N9O3. The molecule has 0 atom stereocenters. The lowest BCUT2D eigenvalue weighted by Gasteiger charge is -2.36. The van der Waals surface area contributed by atoms with Crippen molar-refractivity contribution in [2.45, 2.75) is 0 Å². The number of piperazine rings is 1. The predicted octanol–water partition coefficient (Wildman–Crippen LogP) is 1.34. The van der Waals surface area contributed by atoms with Gasteiger partial charge in [-0.2, -0.15) is 19.6 Å². The Morgan fingerprint density at radius 2 is 1.95 bits per heavy atom. The minimum atomic E-state index is -0.888. The van der Waals surface area contributed by atoms with Gasteiger partial charge in [-0.05, 0) is 12.1 Å². The van der Waals surface area contributed by atoms with Gasteiger partial charge in [-0.3, -0.25) is 9.69 Å². The van der Waals surface area contributed by atoms with E-state index in [1.807, 2.05) is 4.90 Å². The van der Waals surface area contributed by atoms with Crippen LogP contribution in [0.1, 0.15) is 0 Å². The molecule has 1 aliphatic heterocycles. The van der Waals surface area contributed by atoms with E-state index in [4.69, 9.17) is 20.6 Å². The average Bonchev–Trinajstić information content (AvgIpc) is 3.54. The second-order valence-electron chi connectivity index (χ2n) is 8.43. The van der Waals surface area contributed by atoms with E-state index in [9.17, 15) is 13.6 Å². The Bertz CT molecular complexity index is 1400. The molecular weight excluding hydrogens is 488 g/mol. The zero-order chi connectivity index (χ0) is 25.9. The Kier molecular flexibility index (Phi) is 6.72. The number of primary amides is 1. The zero-order valence-electron chi connectivity index (χ0n) is 19.7. The summed E-state index contributed by atoms with van der Waals surface area (Å²) in [6.07, 6.45) is 1.57. The van der Waals surface area contributed by atoms with Gasteiger partial charge >= 0.3 is 0 Å². The van der Waals surface area contributed by atoms with Crippen molar-refractivity contribution in [3.05, 3.63) is 48.2 Å². The molecule has 1 amide bonds. The van der Waals surface area contributed by atoms with Gasteiger partial charge in [0.25, 0.3) is 5.91 Å². The van der Waals surface area contributed by atoms with E-state index in [0.717, 1.165) is 6.07 Å². The lowest BCUT2D eigenvalue weighted by Crippen LogP contribution is -2.48. The van der Waals surface area contributed by atoms with Crippen LogP contribution < -0.4 is 26.4 Å². The molecule has 0 saturated carbocycles. The van der Waals surface area contributed by atoms with Gasteiger partial charge in [0.2, 0.25) is 11.9 Å². The van der Waals surface area contributed by atoms with Crippen LogP contribution >= 0.6 is 0 Å². The van der Waals surface area contributed by atoms with Gasteiger partial charge in [0.05, 0.1) is 12.0 Å². The molecule has 194 valence electrons. The highest BCUT2D eigenvalue weighted by Gasteiger charge is 2.22. The molecule has 12 nitrogen and oxygen atoms in total. The summed E-state index contributed by atoms with van der Waals surface area (Å²) in [6, 6.07) is 7.35. The fourth-order valence-corrected chi connectivity index (χ4v) is 4.09. The van der Waals surface area contributed by atoms with E-state index in [0.29, 0.717) is 62.3 Å². The molecule has 1 aliphatic rings. The second-order valence-corrected chi connectivity index (χ2v) is 8.43. The Balaban J connectivity index is 1.15. The maximum atomic E-state index is 14.4. The zero-order valence-corrected chi connectivity index (χ0v) is 19.7. The van der Waals surface area contributed by atoms with Crippen LogP contribution in [0.3, 0.4) is 0 Å². The first-order valence-corrected chi connectivity index (χ1v) is 11.6. The topological polar surface area (TPSA) is 153 Å². The summed E-state index contributed by atoms with van der Waals surface area (Å²) >= 11 is 0. The van der Waals surface area contributed by atoms with Crippen LogP contribution in [0, 0.1) is 11.6 Å². The molecule has 5 N–H and O–H groups in total. The molecule has 1 saturated heterocycles. The van der Waals surface area contributed by atoms with Gasteiger partial charge < -0.3 is 30.8 Å². The maximum Gasteiger partial charge on any atom is 0.255 e. The van der Waals surface area contributed by atoms with E-state index in [-0.39, 0.29) is 17.4 Å². The van der Waals surface area contributed by atoms with E-state index in [1.54, 1.807) is 24.5 Å². The fraction of sp³-hybridized carbons (Fsp3) is 0.304. The number of furan rings is 1. The Labute approximate surface area is 209 Å². The van der Waals surface area contributed by atoms with Crippen LogP contribution in [-0.2, 0) is 4.79 Å². The number of nitrogens with zero attached hydrogens (tertiary/aromatic N) is 6. The molecule has 4 aromatic rings. The Morgan fingerprint density at radius 1 is 1.14 bits per heavy atom. The molecule has 0 radical (unpaired) electrons. The molecule has 0 spiro atoms. The summed E-state index contributed by atoms with van der Waals surface area (Å²) in [5, 5.41) is 7.55. The van der Waals surface area contributed by atoms with Crippen molar-refractivity contribution in [2.75, 3.05) is 61.8 Å². The van der Waals surface area contributed by atoms with Gasteiger partial charge in [0.1, 0.15) is 11.5 Å². The number of carbonyl (C=O) groups is 1. The molecule has 14 heteroatoms. The van der Waals surface area contributed by atoms with E-state index >= 15 is 0 Å². The van der Waals surface area contributed by atoms with Gasteiger partial charge in [0, 0.05) is 57.5 Å². The molecule has 1 fully saturated rings. The van der Waals surface area contributed by atoms with Crippen molar-refractivity contribution in [2.24, 2.45) is 5.73 Å². The minimum Gasteiger partial charge on any atom is -0.481 e. The van der Waals surface area contributed by atoms with Crippen molar-refractivity contribution >= 4 is 29.1 Å². The first-order valence-electron chi connectivity index (χ1n) is 11.6.